The van der Waals surface area contributed by atoms with Gasteiger partial charge in [-0.05, 0) is 24.5 Å². The van der Waals surface area contributed by atoms with E-state index in [1.165, 1.54) is 7.11 Å². The van der Waals surface area contributed by atoms with Gasteiger partial charge in [0.05, 0.1) is 7.11 Å². The molecule has 1 rings (SSSR count). The molecule has 0 aliphatic rings. The SMILES string of the molecule is CN=C(NCCCCC(=O)OC)NCc1ccccc1Cl. The average molecular weight is 312 g/mol. The Labute approximate surface area is 130 Å². The molecule has 0 atom stereocenters. The molecule has 0 fully saturated rings. The van der Waals surface area contributed by atoms with Crippen molar-refractivity contribution in [3.63, 3.8) is 0 Å². The lowest BCUT2D eigenvalue weighted by atomic mass is 10.2. The number of benzene rings is 1. The molecule has 0 heterocycles. The number of hydrogen-bond acceptors (Lipinski definition) is 3. The highest BCUT2D eigenvalue weighted by atomic mass is 35.5. The number of rotatable bonds is 7. The number of hydrogen-bond donors (Lipinski definition) is 2. The van der Waals surface area contributed by atoms with Crippen LogP contribution in [0.1, 0.15) is 24.8 Å². The molecule has 1 aromatic rings. The molecule has 1 aromatic carbocycles. The fourth-order valence-electron chi connectivity index (χ4n) is 1.74. The van der Waals surface area contributed by atoms with Crippen molar-refractivity contribution in [2.24, 2.45) is 4.99 Å². The summed E-state index contributed by atoms with van der Waals surface area (Å²) < 4.78 is 4.59. The number of halogens is 1. The van der Waals surface area contributed by atoms with Crippen molar-refractivity contribution in [1.82, 2.24) is 10.6 Å². The predicted octanol–water partition coefficient (Wildman–Crippen LogP) is 2.35. The molecule has 0 saturated heterocycles. The lowest BCUT2D eigenvalue weighted by Crippen LogP contribution is -2.37. The van der Waals surface area contributed by atoms with E-state index in [2.05, 4.69) is 20.4 Å². The van der Waals surface area contributed by atoms with Crippen LogP contribution >= 0.6 is 11.6 Å². The number of methoxy groups -OCH3 is 1. The first kappa shape index (κ1) is 17.3. The zero-order valence-corrected chi connectivity index (χ0v) is 13.2. The first-order valence-electron chi connectivity index (χ1n) is 6.92. The minimum absolute atomic E-state index is 0.170. The monoisotopic (exact) mass is 311 g/mol. The van der Waals surface area contributed by atoms with Gasteiger partial charge in [0.1, 0.15) is 0 Å². The smallest absolute Gasteiger partial charge is 0.305 e. The first-order chi connectivity index (χ1) is 10.2. The highest BCUT2D eigenvalue weighted by molar-refractivity contribution is 6.31. The summed E-state index contributed by atoms with van der Waals surface area (Å²) in [4.78, 5) is 15.1. The Morgan fingerprint density at radius 3 is 2.71 bits per heavy atom. The molecule has 6 heteroatoms. The van der Waals surface area contributed by atoms with Gasteiger partial charge in [-0.2, -0.15) is 0 Å². The molecule has 0 spiro atoms. The third kappa shape index (κ3) is 6.99. The zero-order valence-electron chi connectivity index (χ0n) is 12.5. The van der Waals surface area contributed by atoms with E-state index in [0.29, 0.717) is 18.9 Å². The van der Waals surface area contributed by atoms with Gasteiger partial charge < -0.3 is 15.4 Å². The standard InChI is InChI=1S/C15H22ClN3O2/c1-17-15(18-10-6-5-9-14(20)21-2)19-11-12-7-3-4-8-13(12)16/h3-4,7-8H,5-6,9-11H2,1-2H3,(H2,17,18,19). The Balaban J connectivity index is 2.24. The highest BCUT2D eigenvalue weighted by Gasteiger charge is 2.02. The van der Waals surface area contributed by atoms with Crippen molar-refractivity contribution in [1.29, 1.82) is 0 Å². The maximum Gasteiger partial charge on any atom is 0.305 e. The van der Waals surface area contributed by atoms with Gasteiger partial charge in [0.2, 0.25) is 0 Å². The molecule has 116 valence electrons. The van der Waals surface area contributed by atoms with E-state index in [1.807, 2.05) is 24.3 Å². The quantitative estimate of drug-likeness (QED) is 0.351. The van der Waals surface area contributed by atoms with Crippen molar-refractivity contribution in [3.8, 4) is 0 Å². The number of carbonyl (C=O) groups excluding carboxylic acids is 1. The largest absolute Gasteiger partial charge is 0.469 e. The molecule has 5 nitrogen and oxygen atoms in total. The Morgan fingerprint density at radius 2 is 2.05 bits per heavy atom. The second-order valence-electron chi connectivity index (χ2n) is 4.48. The molecule has 2 N–H and O–H groups in total. The lowest BCUT2D eigenvalue weighted by molar-refractivity contribution is -0.140. The lowest BCUT2D eigenvalue weighted by Gasteiger charge is -2.12. The topological polar surface area (TPSA) is 62.7 Å². The van der Waals surface area contributed by atoms with E-state index in [4.69, 9.17) is 11.6 Å². The van der Waals surface area contributed by atoms with E-state index in [1.54, 1.807) is 7.05 Å². The van der Waals surface area contributed by atoms with Crippen LogP contribution in [-0.2, 0) is 16.1 Å². The van der Waals surface area contributed by atoms with Crippen LogP contribution in [-0.4, -0.2) is 32.6 Å². The number of guanidine groups is 1. The van der Waals surface area contributed by atoms with E-state index in [-0.39, 0.29) is 5.97 Å². The van der Waals surface area contributed by atoms with Crippen molar-refractivity contribution in [2.75, 3.05) is 20.7 Å². The molecule has 21 heavy (non-hydrogen) atoms. The fourth-order valence-corrected chi connectivity index (χ4v) is 1.95. The molecular formula is C15H22ClN3O2. The van der Waals surface area contributed by atoms with Gasteiger partial charge in [-0.3, -0.25) is 9.79 Å². The van der Waals surface area contributed by atoms with Gasteiger partial charge in [0.15, 0.2) is 5.96 Å². The Hall–Kier alpha value is -1.75. The summed E-state index contributed by atoms with van der Waals surface area (Å²) in [5, 5.41) is 7.13. The second-order valence-corrected chi connectivity index (χ2v) is 4.88. The van der Waals surface area contributed by atoms with Crippen LogP contribution in [0.5, 0.6) is 0 Å². The number of nitrogens with zero attached hydrogens (tertiary/aromatic N) is 1. The third-order valence-electron chi connectivity index (χ3n) is 2.96. The minimum atomic E-state index is -0.170. The van der Waals surface area contributed by atoms with Gasteiger partial charge in [-0.15, -0.1) is 0 Å². The summed E-state index contributed by atoms with van der Waals surface area (Å²) in [5.41, 5.74) is 1.02. The number of nitrogens with one attached hydrogen (secondary N) is 2. The summed E-state index contributed by atoms with van der Waals surface area (Å²) in [7, 11) is 3.12. The Kier molecular flexibility index (Phi) is 8.28. The van der Waals surface area contributed by atoms with Gasteiger partial charge in [0.25, 0.3) is 0 Å². The predicted molar refractivity (Wildman–Crippen MR) is 85.5 cm³/mol. The van der Waals surface area contributed by atoms with E-state index in [9.17, 15) is 4.79 Å². The van der Waals surface area contributed by atoms with Crippen LogP contribution in [0.2, 0.25) is 5.02 Å². The van der Waals surface area contributed by atoms with E-state index < -0.39 is 0 Å². The van der Waals surface area contributed by atoms with Crippen LogP contribution in [0.3, 0.4) is 0 Å². The van der Waals surface area contributed by atoms with Crippen LogP contribution < -0.4 is 10.6 Å². The van der Waals surface area contributed by atoms with Crippen molar-refractivity contribution < 1.29 is 9.53 Å². The normalized spacial score (nSPS) is 11.1. The van der Waals surface area contributed by atoms with Crippen LogP contribution in [0.15, 0.2) is 29.3 Å². The Bertz CT molecular complexity index is 478. The molecule has 0 saturated carbocycles. The van der Waals surface area contributed by atoms with Crippen LogP contribution in [0, 0.1) is 0 Å². The molecule has 0 aliphatic heterocycles. The Morgan fingerprint density at radius 1 is 1.29 bits per heavy atom. The molecule has 0 aliphatic carbocycles. The number of ether oxygens (including phenoxy) is 1. The highest BCUT2D eigenvalue weighted by Crippen LogP contribution is 2.14. The van der Waals surface area contributed by atoms with Crippen molar-refractivity contribution in [2.45, 2.75) is 25.8 Å². The summed E-state index contributed by atoms with van der Waals surface area (Å²) in [6.07, 6.45) is 2.12. The molecule has 0 aromatic heterocycles. The summed E-state index contributed by atoms with van der Waals surface area (Å²) >= 11 is 6.10. The fraction of sp³-hybridized carbons (Fsp3) is 0.467. The first-order valence-corrected chi connectivity index (χ1v) is 7.30. The molecule has 0 amide bonds. The van der Waals surface area contributed by atoms with Crippen molar-refractivity contribution in [3.05, 3.63) is 34.9 Å². The number of unbranched alkanes of at least 4 members (excludes halogenated alkanes) is 1. The molecule has 0 unspecified atom stereocenters. The van der Waals surface area contributed by atoms with Crippen LogP contribution in [0.4, 0.5) is 0 Å². The zero-order chi connectivity index (χ0) is 15.5. The van der Waals surface area contributed by atoms with E-state index >= 15 is 0 Å². The average Bonchev–Trinajstić information content (AvgIpc) is 2.51. The summed E-state index contributed by atoms with van der Waals surface area (Å²) in [5.74, 6) is 0.546. The number of aliphatic imine (C=N–C) groups is 1. The number of carbonyl (C=O) groups is 1. The number of esters is 1. The maximum atomic E-state index is 11.0. The van der Waals surface area contributed by atoms with Crippen molar-refractivity contribution >= 4 is 23.5 Å². The van der Waals surface area contributed by atoms with Gasteiger partial charge >= 0.3 is 5.97 Å². The minimum Gasteiger partial charge on any atom is -0.469 e. The van der Waals surface area contributed by atoms with Gasteiger partial charge in [-0.25, -0.2) is 0 Å². The maximum absolute atomic E-state index is 11.0. The summed E-state index contributed by atoms with van der Waals surface area (Å²) in [6.45, 7) is 1.36. The molecule has 0 radical (unpaired) electrons. The third-order valence-corrected chi connectivity index (χ3v) is 3.32. The van der Waals surface area contributed by atoms with Crippen LogP contribution in [0.25, 0.3) is 0 Å². The van der Waals surface area contributed by atoms with E-state index in [0.717, 1.165) is 30.0 Å². The molecular weight excluding hydrogens is 290 g/mol. The summed E-state index contributed by atoms with van der Waals surface area (Å²) in [6, 6.07) is 7.69. The molecule has 0 bridgehead atoms. The van der Waals surface area contributed by atoms with Gasteiger partial charge in [0, 0.05) is 31.6 Å². The second kappa shape index (κ2) is 10.0. The van der Waals surface area contributed by atoms with Gasteiger partial charge in [-0.1, -0.05) is 29.8 Å².